The van der Waals surface area contributed by atoms with E-state index < -0.39 is 18.6 Å². The second-order valence-electron chi connectivity index (χ2n) is 7.16. The van der Waals surface area contributed by atoms with Gasteiger partial charge in [-0.3, -0.25) is 9.48 Å². The molecule has 0 fully saturated rings. The Labute approximate surface area is 197 Å². The summed E-state index contributed by atoms with van der Waals surface area (Å²) in [5.41, 5.74) is 7.93. The first-order valence-electron chi connectivity index (χ1n) is 10.1. The van der Waals surface area contributed by atoms with E-state index in [1.807, 2.05) is 0 Å². The fraction of sp³-hybridized carbons (Fsp3) is 0.238. The van der Waals surface area contributed by atoms with Crippen molar-refractivity contribution in [2.75, 3.05) is 12.4 Å². The van der Waals surface area contributed by atoms with E-state index in [1.165, 1.54) is 30.0 Å². The van der Waals surface area contributed by atoms with E-state index in [2.05, 4.69) is 30.0 Å². The van der Waals surface area contributed by atoms with E-state index in [-0.39, 0.29) is 24.3 Å². The zero-order valence-electron chi connectivity index (χ0n) is 17.9. The van der Waals surface area contributed by atoms with Crippen molar-refractivity contribution in [3.8, 4) is 17.0 Å². The Morgan fingerprint density at radius 2 is 2.15 bits per heavy atom. The van der Waals surface area contributed by atoms with Gasteiger partial charge < -0.3 is 20.5 Å². The molecule has 3 aromatic heterocycles. The number of aryl methyl sites for hydroxylation is 1. The van der Waals surface area contributed by atoms with Crippen molar-refractivity contribution in [3.05, 3.63) is 54.1 Å². The molecule has 1 unspecified atom stereocenters. The molecule has 0 saturated heterocycles. The second-order valence-corrected chi connectivity index (χ2v) is 7.60. The number of aromatic nitrogens is 5. The molecule has 4 rings (SSSR count). The lowest BCUT2D eigenvalue weighted by atomic mass is 10.1. The molecule has 13 heteroatoms. The van der Waals surface area contributed by atoms with Crippen molar-refractivity contribution < 1.29 is 23.0 Å². The fourth-order valence-corrected chi connectivity index (χ4v) is 3.49. The number of hydrogen-bond acceptors (Lipinski definition) is 8. The van der Waals surface area contributed by atoms with Gasteiger partial charge in [0.05, 0.1) is 19.0 Å². The normalized spacial score (nSPS) is 12.2. The van der Waals surface area contributed by atoms with E-state index in [0.717, 1.165) is 0 Å². The molecule has 0 aliphatic carbocycles. The van der Waals surface area contributed by atoms with Crippen LogP contribution in [0.5, 0.6) is 5.75 Å². The highest BCUT2D eigenvalue weighted by Crippen LogP contribution is 2.38. The topological polar surface area (TPSA) is 122 Å². The SMILES string of the molecule is COC(=O)C(N)CCn1cc(Nc2cnn3cccnc23)c(-c2cc(Cl)ccc2OC(F)F)n1. The van der Waals surface area contributed by atoms with Crippen molar-refractivity contribution in [2.24, 2.45) is 5.73 Å². The summed E-state index contributed by atoms with van der Waals surface area (Å²) in [5.74, 6) is -0.650. The van der Waals surface area contributed by atoms with Crippen LogP contribution in [0.3, 0.4) is 0 Å². The van der Waals surface area contributed by atoms with E-state index >= 15 is 0 Å². The largest absolute Gasteiger partial charge is 0.468 e. The van der Waals surface area contributed by atoms with Crippen LogP contribution >= 0.6 is 11.6 Å². The Morgan fingerprint density at radius 1 is 1.32 bits per heavy atom. The third-order valence-corrected chi connectivity index (χ3v) is 5.13. The van der Waals surface area contributed by atoms with Gasteiger partial charge in [0.25, 0.3) is 0 Å². The number of anilines is 2. The predicted molar refractivity (Wildman–Crippen MR) is 120 cm³/mol. The molecule has 4 aromatic rings. The summed E-state index contributed by atoms with van der Waals surface area (Å²) in [5, 5.41) is 12.3. The Kier molecular flexibility index (Phi) is 6.89. The maximum Gasteiger partial charge on any atom is 0.387 e. The van der Waals surface area contributed by atoms with Crippen molar-refractivity contribution >= 4 is 34.6 Å². The van der Waals surface area contributed by atoms with Crippen LogP contribution in [0.1, 0.15) is 6.42 Å². The van der Waals surface area contributed by atoms with Crippen molar-refractivity contribution in [1.82, 2.24) is 24.4 Å². The highest BCUT2D eigenvalue weighted by atomic mass is 35.5. The van der Waals surface area contributed by atoms with Gasteiger partial charge in [-0.15, -0.1) is 0 Å². The Hall–Kier alpha value is -3.77. The Morgan fingerprint density at radius 3 is 2.91 bits per heavy atom. The lowest BCUT2D eigenvalue weighted by molar-refractivity contribution is -0.142. The van der Waals surface area contributed by atoms with Gasteiger partial charge >= 0.3 is 12.6 Å². The molecule has 3 heterocycles. The molecule has 0 radical (unpaired) electrons. The summed E-state index contributed by atoms with van der Waals surface area (Å²) in [7, 11) is 1.25. The first-order chi connectivity index (χ1) is 16.4. The third kappa shape index (κ3) is 5.07. The highest BCUT2D eigenvalue weighted by Gasteiger charge is 2.21. The highest BCUT2D eigenvalue weighted by molar-refractivity contribution is 6.31. The molecule has 34 heavy (non-hydrogen) atoms. The summed E-state index contributed by atoms with van der Waals surface area (Å²) in [4.78, 5) is 15.9. The molecule has 1 atom stereocenters. The van der Waals surface area contributed by atoms with Gasteiger partial charge in [-0.25, -0.2) is 9.50 Å². The van der Waals surface area contributed by atoms with Gasteiger partial charge in [-0.05, 0) is 30.7 Å². The standard InChI is InChI=1S/C21H20ClF2N7O3/c1-33-20(32)14(25)5-8-30-11-16(28-15-10-27-31-7-2-6-26-19(15)31)18(29-30)13-9-12(22)3-4-17(13)34-21(23)24/h2-4,6-7,9-11,14,21,28H,5,8,25H2,1H3. The smallest absolute Gasteiger partial charge is 0.387 e. The fourth-order valence-electron chi connectivity index (χ4n) is 3.31. The maximum atomic E-state index is 13.0. The number of esters is 1. The molecule has 0 aliphatic rings. The first kappa shape index (κ1) is 23.4. The van der Waals surface area contributed by atoms with Gasteiger partial charge in [-0.1, -0.05) is 11.6 Å². The van der Waals surface area contributed by atoms with E-state index in [9.17, 15) is 13.6 Å². The summed E-state index contributed by atoms with van der Waals surface area (Å²) < 4.78 is 38.5. The molecular formula is C21H20ClF2N7O3. The first-order valence-corrected chi connectivity index (χ1v) is 10.4. The van der Waals surface area contributed by atoms with Gasteiger partial charge in [0.2, 0.25) is 0 Å². The summed E-state index contributed by atoms with van der Waals surface area (Å²) in [6, 6.07) is 5.15. The minimum absolute atomic E-state index is 0.100. The number of hydrogen-bond donors (Lipinski definition) is 2. The van der Waals surface area contributed by atoms with Crippen LogP contribution in [-0.2, 0) is 16.1 Å². The molecule has 0 amide bonds. The minimum atomic E-state index is -3.04. The zero-order valence-corrected chi connectivity index (χ0v) is 18.6. The van der Waals surface area contributed by atoms with Crippen molar-refractivity contribution in [1.29, 1.82) is 0 Å². The lowest BCUT2D eigenvalue weighted by Crippen LogP contribution is -2.32. The molecule has 10 nitrogen and oxygen atoms in total. The monoisotopic (exact) mass is 491 g/mol. The number of ether oxygens (including phenoxy) is 2. The summed E-state index contributed by atoms with van der Waals surface area (Å²) in [6.07, 6.45) is 6.81. The van der Waals surface area contributed by atoms with Gasteiger partial charge in [0.15, 0.2) is 5.65 Å². The lowest BCUT2D eigenvalue weighted by Gasteiger charge is -2.11. The van der Waals surface area contributed by atoms with Crippen LogP contribution in [0.4, 0.5) is 20.2 Å². The molecule has 0 spiro atoms. The average molecular weight is 492 g/mol. The Balaban J connectivity index is 1.74. The third-order valence-electron chi connectivity index (χ3n) is 4.90. The number of halogens is 3. The number of nitrogens with zero attached hydrogens (tertiary/aromatic N) is 5. The second kappa shape index (κ2) is 10.0. The number of fused-ring (bicyclic) bond motifs is 1. The quantitative estimate of drug-likeness (QED) is 0.341. The van der Waals surface area contributed by atoms with Crippen LogP contribution in [0.15, 0.2) is 49.1 Å². The Bertz CT molecular complexity index is 1310. The number of alkyl halides is 2. The van der Waals surface area contributed by atoms with Gasteiger partial charge in [0.1, 0.15) is 23.2 Å². The summed E-state index contributed by atoms with van der Waals surface area (Å²) in [6.45, 7) is -2.79. The number of nitrogens with two attached hydrogens (primary N) is 1. The molecule has 3 N–H and O–H groups in total. The van der Waals surface area contributed by atoms with Crippen LogP contribution in [0.2, 0.25) is 5.02 Å². The van der Waals surface area contributed by atoms with E-state index in [4.69, 9.17) is 17.3 Å². The molecular weight excluding hydrogens is 472 g/mol. The molecule has 0 bridgehead atoms. The number of nitrogens with one attached hydrogen (secondary N) is 1. The minimum Gasteiger partial charge on any atom is -0.468 e. The number of rotatable bonds is 9. The number of benzene rings is 1. The number of carbonyl (C=O) groups excluding carboxylic acids is 1. The molecule has 0 saturated carbocycles. The van der Waals surface area contributed by atoms with Crippen molar-refractivity contribution in [3.63, 3.8) is 0 Å². The predicted octanol–water partition coefficient (Wildman–Crippen LogP) is 3.48. The van der Waals surface area contributed by atoms with Crippen molar-refractivity contribution in [2.45, 2.75) is 25.6 Å². The van der Waals surface area contributed by atoms with Gasteiger partial charge in [0, 0.05) is 35.7 Å². The molecule has 1 aromatic carbocycles. The van der Waals surface area contributed by atoms with Crippen LogP contribution < -0.4 is 15.8 Å². The van der Waals surface area contributed by atoms with Crippen LogP contribution in [-0.4, -0.2) is 50.1 Å². The summed E-state index contributed by atoms with van der Waals surface area (Å²) >= 11 is 6.15. The van der Waals surface area contributed by atoms with Crippen LogP contribution in [0, 0.1) is 0 Å². The number of carbonyl (C=O) groups is 1. The molecule has 0 aliphatic heterocycles. The zero-order chi connectivity index (χ0) is 24.2. The van der Waals surface area contributed by atoms with Crippen LogP contribution in [0.25, 0.3) is 16.9 Å². The van der Waals surface area contributed by atoms with Gasteiger partial charge in [-0.2, -0.15) is 19.0 Å². The maximum absolute atomic E-state index is 13.0. The molecule has 178 valence electrons. The average Bonchev–Trinajstić information content (AvgIpc) is 3.42. The van der Waals surface area contributed by atoms with E-state index in [1.54, 1.807) is 35.4 Å². The van der Waals surface area contributed by atoms with E-state index in [0.29, 0.717) is 27.7 Å². The number of methoxy groups -OCH3 is 1.